The van der Waals surface area contributed by atoms with Crippen molar-refractivity contribution in [1.29, 1.82) is 5.26 Å². The Balaban J connectivity index is 2.27. The molecule has 2 aromatic heterocycles. The van der Waals surface area contributed by atoms with Gasteiger partial charge in [-0.15, -0.1) is 0 Å². The molecule has 0 aliphatic heterocycles. The summed E-state index contributed by atoms with van der Waals surface area (Å²) in [7, 11) is 0. The molecule has 0 saturated heterocycles. The molecule has 0 bridgehead atoms. The van der Waals surface area contributed by atoms with E-state index >= 15 is 0 Å². The van der Waals surface area contributed by atoms with Gasteiger partial charge in [0.15, 0.2) is 5.58 Å². The number of halogens is 1. The third kappa shape index (κ3) is 1.36. The molecule has 0 aliphatic carbocycles. The fraction of sp³-hybridized carbons (Fsp3) is 0. The summed E-state index contributed by atoms with van der Waals surface area (Å²) in [5.41, 5.74) is 4.05. The maximum absolute atomic E-state index is 9.15. The number of aromatic amines is 1. The van der Waals surface area contributed by atoms with Gasteiger partial charge in [0.2, 0.25) is 0 Å². The van der Waals surface area contributed by atoms with Crippen molar-refractivity contribution in [2.75, 3.05) is 0 Å². The number of benzene rings is 2. The fourth-order valence-corrected chi connectivity index (χ4v) is 2.84. The van der Waals surface area contributed by atoms with E-state index in [2.05, 4.69) is 27.0 Å². The lowest BCUT2D eigenvalue weighted by atomic mass is 10.1. The number of H-pyrrole nitrogens is 1. The minimum Gasteiger partial charge on any atom is -0.454 e. The van der Waals surface area contributed by atoms with Crippen LogP contribution in [-0.2, 0) is 0 Å². The van der Waals surface area contributed by atoms with Crippen LogP contribution in [0.25, 0.3) is 33.0 Å². The van der Waals surface area contributed by atoms with Gasteiger partial charge >= 0.3 is 0 Å². The Morgan fingerprint density at radius 1 is 1.11 bits per heavy atom. The molecule has 4 rings (SSSR count). The molecule has 1 N–H and O–H groups in total. The van der Waals surface area contributed by atoms with Gasteiger partial charge in [0.1, 0.15) is 11.7 Å². The number of aromatic nitrogens is 1. The lowest BCUT2D eigenvalue weighted by Gasteiger charge is -1.93. The normalized spacial score (nSPS) is 11.4. The molecule has 4 heteroatoms. The van der Waals surface area contributed by atoms with E-state index in [1.807, 2.05) is 30.3 Å². The van der Waals surface area contributed by atoms with E-state index in [1.54, 1.807) is 6.07 Å². The van der Waals surface area contributed by atoms with E-state index in [-0.39, 0.29) is 0 Å². The van der Waals surface area contributed by atoms with Gasteiger partial charge < -0.3 is 9.40 Å². The Bertz CT molecular complexity index is 988. The Morgan fingerprint density at radius 2 is 2.00 bits per heavy atom. The van der Waals surface area contributed by atoms with Crippen LogP contribution >= 0.6 is 15.9 Å². The Labute approximate surface area is 116 Å². The molecule has 3 nitrogen and oxygen atoms in total. The standard InChI is InChI=1S/C15H7BrN2O/c16-9-4-5-12-11(6-9)14-15(19-12)10-3-1-2-8(7-17)13(10)18-14/h1-6,18H. The van der Waals surface area contributed by atoms with Gasteiger partial charge in [0.25, 0.3) is 0 Å². The minimum absolute atomic E-state index is 0.632. The average Bonchev–Trinajstić information content (AvgIpc) is 2.95. The minimum atomic E-state index is 0.632. The molecular formula is C15H7BrN2O. The Kier molecular flexibility index (Phi) is 2.03. The van der Waals surface area contributed by atoms with Crippen LogP contribution in [0.5, 0.6) is 0 Å². The highest BCUT2D eigenvalue weighted by molar-refractivity contribution is 9.10. The first kappa shape index (κ1) is 10.7. The first-order valence-corrected chi connectivity index (χ1v) is 6.60. The predicted octanol–water partition coefficient (Wildman–Crippen LogP) is 4.70. The number of nitrogens with one attached hydrogen (secondary N) is 1. The molecule has 19 heavy (non-hydrogen) atoms. The first-order valence-electron chi connectivity index (χ1n) is 5.80. The van der Waals surface area contributed by atoms with Crippen molar-refractivity contribution < 1.29 is 4.42 Å². The average molecular weight is 311 g/mol. The Morgan fingerprint density at radius 3 is 2.84 bits per heavy atom. The SMILES string of the molecule is N#Cc1cccc2c1[nH]c1c3cc(Br)ccc3oc21. The van der Waals surface area contributed by atoms with Crippen LogP contribution in [0.1, 0.15) is 5.56 Å². The first-order chi connectivity index (χ1) is 9.28. The summed E-state index contributed by atoms with van der Waals surface area (Å²) in [6, 6.07) is 13.7. The zero-order chi connectivity index (χ0) is 13.0. The van der Waals surface area contributed by atoms with E-state index in [0.717, 1.165) is 37.4 Å². The number of fused-ring (bicyclic) bond motifs is 5. The molecule has 0 spiro atoms. The highest BCUT2D eigenvalue weighted by Crippen LogP contribution is 2.35. The summed E-state index contributed by atoms with van der Waals surface area (Å²) in [6.07, 6.45) is 0. The molecule has 0 aliphatic rings. The molecule has 0 radical (unpaired) electrons. The van der Waals surface area contributed by atoms with Crippen molar-refractivity contribution in [2.45, 2.75) is 0 Å². The molecule has 0 saturated carbocycles. The molecule has 2 heterocycles. The topological polar surface area (TPSA) is 52.7 Å². The van der Waals surface area contributed by atoms with Crippen molar-refractivity contribution in [3.63, 3.8) is 0 Å². The van der Waals surface area contributed by atoms with Crippen LogP contribution in [0.15, 0.2) is 45.3 Å². The lowest BCUT2D eigenvalue weighted by Crippen LogP contribution is -1.76. The summed E-state index contributed by atoms with van der Waals surface area (Å²) in [6.45, 7) is 0. The lowest BCUT2D eigenvalue weighted by molar-refractivity contribution is 0.673. The van der Waals surface area contributed by atoms with Gasteiger partial charge in [-0.1, -0.05) is 22.0 Å². The summed E-state index contributed by atoms with van der Waals surface area (Å²) in [5.74, 6) is 0. The maximum Gasteiger partial charge on any atom is 0.161 e. The zero-order valence-corrected chi connectivity index (χ0v) is 11.3. The second-order valence-corrected chi connectivity index (χ2v) is 5.33. The number of hydrogen-bond acceptors (Lipinski definition) is 2. The fourth-order valence-electron chi connectivity index (χ4n) is 2.48. The number of rotatable bonds is 0. The van der Waals surface area contributed by atoms with Crippen LogP contribution in [-0.4, -0.2) is 4.98 Å². The van der Waals surface area contributed by atoms with Crippen molar-refractivity contribution >= 4 is 48.9 Å². The molecule has 0 unspecified atom stereocenters. The van der Waals surface area contributed by atoms with Crippen molar-refractivity contribution in [3.8, 4) is 6.07 Å². The second-order valence-electron chi connectivity index (χ2n) is 4.41. The zero-order valence-electron chi connectivity index (χ0n) is 9.70. The number of furan rings is 1. The van der Waals surface area contributed by atoms with Gasteiger partial charge in [-0.25, -0.2) is 0 Å². The van der Waals surface area contributed by atoms with E-state index in [4.69, 9.17) is 9.68 Å². The van der Waals surface area contributed by atoms with Crippen molar-refractivity contribution in [1.82, 2.24) is 4.98 Å². The molecule has 0 amide bonds. The molecule has 4 aromatic rings. The summed E-state index contributed by atoms with van der Waals surface area (Å²) < 4.78 is 6.90. The molecule has 2 aromatic carbocycles. The summed E-state index contributed by atoms with van der Waals surface area (Å²) in [5, 5.41) is 11.1. The smallest absolute Gasteiger partial charge is 0.161 e. The highest BCUT2D eigenvalue weighted by Gasteiger charge is 2.14. The number of para-hydroxylation sites is 1. The number of nitrogens with zero attached hydrogens (tertiary/aromatic N) is 1. The second kappa shape index (κ2) is 3.62. The molecule has 0 atom stereocenters. The third-order valence-corrected chi connectivity index (χ3v) is 3.82. The molecule has 0 fully saturated rings. The van der Waals surface area contributed by atoms with Crippen molar-refractivity contribution in [3.05, 3.63) is 46.4 Å². The monoisotopic (exact) mass is 310 g/mol. The number of hydrogen-bond donors (Lipinski definition) is 1. The highest BCUT2D eigenvalue weighted by atomic mass is 79.9. The summed E-state index contributed by atoms with van der Waals surface area (Å²) >= 11 is 3.47. The van der Waals surface area contributed by atoms with E-state index in [1.165, 1.54) is 0 Å². The molecular weight excluding hydrogens is 304 g/mol. The van der Waals surface area contributed by atoms with Crippen LogP contribution < -0.4 is 0 Å². The van der Waals surface area contributed by atoms with E-state index < -0.39 is 0 Å². The van der Waals surface area contributed by atoms with Crippen molar-refractivity contribution in [2.24, 2.45) is 0 Å². The maximum atomic E-state index is 9.15. The third-order valence-electron chi connectivity index (χ3n) is 3.33. The van der Waals surface area contributed by atoms with E-state index in [9.17, 15) is 0 Å². The Hall–Kier alpha value is -2.25. The van der Waals surface area contributed by atoms with Crippen LogP contribution in [0.3, 0.4) is 0 Å². The van der Waals surface area contributed by atoms with Gasteiger partial charge in [0, 0.05) is 15.2 Å². The van der Waals surface area contributed by atoms with E-state index in [0.29, 0.717) is 5.56 Å². The number of nitriles is 1. The van der Waals surface area contributed by atoms with Gasteiger partial charge in [-0.2, -0.15) is 5.26 Å². The van der Waals surface area contributed by atoms with Gasteiger partial charge in [0.05, 0.1) is 16.6 Å². The van der Waals surface area contributed by atoms with Gasteiger partial charge in [-0.3, -0.25) is 0 Å². The largest absolute Gasteiger partial charge is 0.454 e. The van der Waals surface area contributed by atoms with Crippen LogP contribution in [0, 0.1) is 11.3 Å². The molecule has 90 valence electrons. The quantitative estimate of drug-likeness (QED) is 0.511. The van der Waals surface area contributed by atoms with Gasteiger partial charge in [-0.05, 0) is 30.3 Å². The van der Waals surface area contributed by atoms with Crippen LogP contribution in [0.4, 0.5) is 0 Å². The summed E-state index contributed by atoms with van der Waals surface area (Å²) in [4.78, 5) is 3.31. The van der Waals surface area contributed by atoms with Crippen LogP contribution in [0.2, 0.25) is 0 Å². The predicted molar refractivity (Wildman–Crippen MR) is 78.0 cm³/mol.